The summed E-state index contributed by atoms with van der Waals surface area (Å²) in [7, 11) is -2.90. The van der Waals surface area contributed by atoms with Crippen LogP contribution in [0.3, 0.4) is 0 Å². The lowest BCUT2D eigenvalue weighted by Crippen LogP contribution is -2.36. The Morgan fingerprint density at radius 2 is 2.14 bits per heavy atom. The summed E-state index contributed by atoms with van der Waals surface area (Å²) in [5.41, 5.74) is 0.897. The van der Waals surface area contributed by atoms with Gasteiger partial charge in [0.1, 0.15) is 5.82 Å². The molecule has 1 aromatic rings. The van der Waals surface area contributed by atoms with Gasteiger partial charge < -0.3 is 10.2 Å². The van der Waals surface area contributed by atoms with Crippen molar-refractivity contribution in [2.24, 2.45) is 5.92 Å². The molecular formula is C15H21N3O3S. The van der Waals surface area contributed by atoms with E-state index in [0.717, 1.165) is 25.1 Å². The first-order valence-corrected chi connectivity index (χ1v) is 9.54. The quantitative estimate of drug-likeness (QED) is 0.887. The van der Waals surface area contributed by atoms with Crippen molar-refractivity contribution in [2.45, 2.75) is 32.2 Å². The van der Waals surface area contributed by atoms with E-state index in [1.165, 1.54) is 0 Å². The number of sulfone groups is 1. The topological polar surface area (TPSA) is 79.4 Å². The molecule has 0 aromatic carbocycles. The number of nitrogens with zero attached hydrogens (tertiary/aromatic N) is 2. The number of rotatable bonds is 5. The molecule has 1 unspecified atom stereocenters. The molecule has 1 N–H and O–H groups in total. The number of hydrogen-bond donors (Lipinski definition) is 1. The molecule has 120 valence electrons. The molecular weight excluding hydrogens is 302 g/mol. The molecule has 1 aliphatic carbocycles. The number of pyridine rings is 1. The summed E-state index contributed by atoms with van der Waals surface area (Å²) >= 11 is 0. The first kappa shape index (κ1) is 15.3. The van der Waals surface area contributed by atoms with E-state index in [9.17, 15) is 13.2 Å². The van der Waals surface area contributed by atoms with Crippen LogP contribution >= 0.6 is 0 Å². The second-order valence-electron chi connectivity index (χ2n) is 6.01. The van der Waals surface area contributed by atoms with Crippen LogP contribution in [0.2, 0.25) is 0 Å². The Hall–Kier alpha value is -1.63. The summed E-state index contributed by atoms with van der Waals surface area (Å²) in [4.78, 5) is 18.1. The summed E-state index contributed by atoms with van der Waals surface area (Å²) in [5, 5.41) is 2.81. The molecule has 0 bridgehead atoms. The third kappa shape index (κ3) is 3.40. The van der Waals surface area contributed by atoms with Gasteiger partial charge in [0.15, 0.2) is 9.84 Å². The zero-order chi connectivity index (χ0) is 15.7. The molecule has 7 heteroatoms. The average molecular weight is 323 g/mol. The fourth-order valence-electron chi connectivity index (χ4n) is 2.88. The maximum absolute atomic E-state index is 11.7. The van der Waals surface area contributed by atoms with E-state index >= 15 is 0 Å². The lowest BCUT2D eigenvalue weighted by Gasteiger charge is -2.28. The molecule has 1 atom stereocenters. The Morgan fingerprint density at radius 1 is 1.36 bits per heavy atom. The van der Waals surface area contributed by atoms with Crippen molar-refractivity contribution < 1.29 is 13.2 Å². The molecule has 3 rings (SSSR count). The molecule has 2 heterocycles. The van der Waals surface area contributed by atoms with Crippen LogP contribution in [0.4, 0.5) is 11.5 Å². The van der Waals surface area contributed by atoms with Gasteiger partial charge in [-0.2, -0.15) is 0 Å². The minimum absolute atomic E-state index is 0.0173. The standard InChI is InChI=1S/C15H21N3O3S/c1-2-18(13-7-8-22(20,21)10-13)12-5-6-14(16-9-12)17-15(19)11-3-4-11/h5-6,9,11,13H,2-4,7-8,10H2,1H3,(H,16,17,19). The zero-order valence-electron chi connectivity index (χ0n) is 12.7. The third-order valence-corrected chi connectivity index (χ3v) is 6.02. The van der Waals surface area contributed by atoms with Gasteiger partial charge in [0, 0.05) is 18.5 Å². The SMILES string of the molecule is CCN(c1ccc(NC(=O)C2CC2)nc1)C1CCS(=O)(=O)C1. The number of amides is 1. The number of anilines is 2. The van der Waals surface area contributed by atoms with Gasteiger partial charge in [-0.05, 0) is 38.3 Å². The third-order valence-electron chi connectivity index (χ3n) is 4.27. The molecule has 2 fully saturated rings. The number of carbonyl (C=O) groups excluding carboxylic acids is 1. The van der Waals surface area contributed by atoms with Gasteiger partial charge in [0.25, 0.3) is 0 Å². The Kier molecular flexibility index (Phi) is 4.08. The minimum Gasteiger partial charge on any atom is -0.367 e. The van der Waals surface area contributed by atoms with Crippen LogP contribution < -0.4 is 10.2 Å². The number of carbonyl (C=O) groups is 1. The highest BCUT2D eigenvalue weighted by Crippen LogP contribution is 2.30. The average Bonchev–Trinajstić information content (AvgIpc) is 3.27. The van der Waals surface area contributed by atoms with Crippen molar-refractivity contribution in [3.05, 3.63) is 18.3 Å². The molecule has 1 saturated carbocycles. The second kappa shape index (κ2) is 5.87. The first-order valence-electron chi connectivity index (χ1n) is 7.72. The summed E-state index contributed by atoms with van der Waals surface area (Å²) in [6.07, 6.45) is 4.29. The van der Waals surface area contributed by atoms with Crippen LogP contribution in [-0.4, -0.2) is 43.4 Å². The predicted molar refractivity (Wildman–Crippen MR) is 85.7 cm³/mol. The van der Waals surface area contributed by atoms with Crippen LogP contribution in [-0.2, 0) is 14.6 Å². The van der Waals surface area contributed by atoms with Crippen molar-refractivity contribution in [1.29, 1.82) is 0 Å². The van der Waals surface area contributed by atoms with Crippen LogP contribution in [0.5, 0.6) is 0 Å². The molecule has 1 aromatic heterocycles. The zero-order valence-corrected chi connectivity index (χ0v) is 13.5. The van der Waals surface area contributed by atoms with Crippen LogP contribution in [0, 0.1) is 5.92 Å². The van der Waals surface area contributed by atoms with Crippen LogP contribution in [0.25, 0.3) is 0 Å². The molecule has 22 heavy (non-hydrogen) atoms. The van der Waals surface area contributed by atoms with Crippen LogP contribution in [0.1, 0.15) is 26.2 Å². The Morgan fingerprint density at radius 3 is 2.64 bits per heavy atom. The van der Waals surface area contributed by atoms with E-state index in [1.54, 1.807) is 12.3 Å². The summed E-state index contributed by atoms with van der Waals surface area (Å²) in [6.45, 7) is 2.74. The summed E-state index contributed by atoms with van der Waals surface area (Å²) in [6, 6.07) is 3.69. The molecule has 2 aliphatic rings. The van der Waals surface area contributed by atoms with Crippen molar-refractivity contribution in [3.63, 3.8) is 0 Å². The maximum atomic E-state index is 11.7. The predicted octanol–water partition coefficient (Wildman–Crippen LogP) is 1.44. The van der Waals surface area contributed by atoms with Gasteiger partial charge >= 0.3 is 0 Å². The molecule has 0 radical (unpaired) electrons. The molecule has 1 aliphatic heterocycles. The number of nitrogens with one attached hydrogen (secondary N) is 1. The summed E-state index contributed by atoms with van der Waals surface area (Å²) in [5.74, 6) is 1.21. The van der Waals surface area contributed by atoms with Gasteiger partial charge in [0.05, 0.1) is 23.4 Å². The van der Waals surface area contributed by atoms with E-state index in [2.05, 4.69) is 15.2 Å². The highest BCUT2D eigenvalue weighted by Gasteiger charge is 2.32. The van der Waals surface area contributed by atoms with Crippen molar-refractivity contribution >= 4 is 27.2 Å². The highest BCUT2D eigenvalue weighted by molar-refractivity contribution is 7.91. The van der Waals surface area contributed by atoms with E-state index in [-0.39, 0.29) is 29.4 Å². The van der Waals surface area contributed by atoms with Gasteiger partial charge in [-0.1, -0.05) is 0 Å². The van der Waals surface area contributed by atoms with E-state index in [4.69, 9.17) is 0 Å². The van der Waals surface area contributed by atoms with E-state index in [1.807, 2.05) is 13.0 Å². The van der Waals surface area contributed by atoms with Crippen molar-refractivity contribution in [2.75, 3.05) is 28.3 Å². The molecule has 6 nitrogen and oxygen atoms in total. The van der Waals surface area contributed by atoms with Crippen molar-refractivity contribution in [3.8, 4) is 0 Å². The Bertz CT molecular complexity index is 653. The fourth-order valence-corrected chi connectivity index (χ4v) is 4.61. The highest BCUT2D eigenvalue weighted by atomic mass is 32.2. The second-order valence-corrected chi connectivity index (χ2v) is 8.24. The molecule has 0 spiro atoms. The minimum atomic E-state index is -2.90. The largest absolute Gasteiger partial charge is 0.367 e. The molecule has 1 saturated heterocycles. The first-order chi connectivity index (χ1) is 10.5. The molecule has 1 amide bonds. The van der Waals surface area contributed by atoms with Gasteiger partial charge in [0.2, 0.25) is 5.91 Å². The maximum Gasteiger partial charge on any atom is 0.228 e. The monoisotopic (exact) mass is 323 g/mol. The normalized spacial score (nSPS) is 23.2. The van der Waals surface area contributed by atoms with Gasteiger partial charge in [-0.15, -0.1) is 0 Å². The van der Waals surface area contributed by atoms with E-state index < -0.39 is 9.84 Å². The fraction of sp³-hybridized carbons (Fsp3) is 0.600. The van der Waals surface area contributed by atoms with E-state index in [0.29, 0.717) is 12.2 Å². The number of aromatic nitrogens is 1. The van der Waals surface area contributed by atoms with Gasteiger partial charge in [-0.3, -0.25) is 4.79 Å². The lowest BCUT2D eigenvalue weighted by molar-refractivity contribution is -0.117. The van der Waals surface area contributed by atoms with Crippen molar-refractivity contribution in [1.82, 2.24) is 4.98 Å². The lowest BCUT2D eigenvalue weighted by atomic mass is 10.2. The summed E-state index contributed by atoms with van der Waals surface area (Å²) < 4.78 is 23.3. The smallest absolute Gasteiger partial charge is 0.228 e. The van der Waals surface area contributed by atoms with Gasteiger partial charge in [-0.25, -0.2) is 13.4 Å². The Labute approximate surface area is 130 Å². The Balaban J connectivity index is 1.68. The number of hydrogen-bond acceptors (Lipinski definition) is 5. The van der Waals surface area contributed by atoms with Crippen LogP contribution in [0.15, 0.2) is 18.3 Å².